The molecule has 1 aromatic rings. The number of amides is 1. The molecule has 0 aromatic heterocycles. The average Bonchev–Trinajstić information content (AvgIpc) is 2.44. The molecule has 0 saturated heterocycles. The van der Waals surface area contributed by atoms with Crippen molar-refractivity contribution in [3.8, 4) is 5.75 Å². The van der Waals surface area contributed by atoms with Crippen LogP contribution in [0.15, 0.2) is 18.2 Å². The number of hydrogen-bond donors (Lipinski definition) is 2. The highest BCUT2D eigenvalue weighted by molar-refractivity contribution is 7.74. The van der Waals surface area contributed by atoms with Crippen LogP contribution in [0.4, 0.5) is 10.5 Å². The van der Waals surface area contributed by atoms with E-state index in [1.54, 1.807) is 20.8 Å². The first kappa shape index (κ1) is 19.9. The van der Waals surface area contributed by atoms with E-state index in [1.807, 2.05) is 0 Å². The van der Waals surface area contributed by atoms with E-state index in [1.165, 1.54) is 25.3 Å². The second-order valence-corrected chi connectivity index (χ2v) is 6.23. The van der Waals surface area contributed by atoms with Gasteiger partial charge in [0, 0.05) is 0 Å². The zero-order chi connectivity index (χ0) is 18.5. The molecule has 0 bridgehead atoms. The Bertz CT molecular complexity index is 640. The van der Waals surface area contributed by atoms with Crippen molar-refractivity contribution in [2.45, 2.75) is 26.4 Å². The zero-order valence-electron chi connectivity index (χ0n) is 13.6. The second kappa shape index (κ2) is 8.08. The number of carboxylic acids is 1. The van der Waals surface area contributed by atoms with Crippen LogP contribution in [0.5, 0.6) is 5.75 Å². The number of anilines is 1. The first-order chi connectivity index (χ1) is 11.0. The quantitative estimate of drug-likeness (QED) is 0.584. The first-order valence-electron chi connectivity index (χ1n) is 6.71. The van der Waals surface area contributed by atoms with Crippen LogP contribution in [0.3, 0.4) is 0 Å². The lowest BCUT2D eigenvalue weighted by Crippen LogP contribution is -2.38. The SMILES string of the molecule is COc1ccc(C(=O)O)cc1N(COS(=O)O)C(=O)OC(C)(C)C. The van der Waals surface area contributed by atoms with Crippen LogP contribution in [0, 0.1) is 0 Å². The van der Waals surface area contributed by atoms with Gasteiger partial charge in [0.15, 0.2) is 0 Å². The fourth-order valence-electron chi connectivity index (χ4n) is 1.67. The standard InChI is InChI=1S/C14H19NO8S/c1-14(2,3)23-13(18)15(8-22-24(19)20)10-7-9(12(16)17)5-6-11(10)21-4/h5-7H,8H2,1-4H3,(H,16,17)(H,19,20). The fraction of sp³-hybridized carbons (Fsp3) is 0.429. The molecule has 0 radical (unpaired) electrons. The van der Waals surface area contributed by atoms with Crippen molar-refractivity contribution >= 4 is 29.1 Å². The van der Waals surface area contributed by atoms with Crippen molar-refractivity contribution in [3.05, 3.63) is 23.8 Å². The largest absolute Gasteiger partial charge is 0.495 e. The van der Waals surface area contributed by atoms with Gasteiger partial charge in [0.05, 0.1) is 18.4 Å². The van der Waals surface area contributed by atoms with Crippen LogP contribution in [-0.4, -0.2) is 45.4 Å². The smallest absolute Gasteiger partial charge is 0.416 e. The molecule has 24 heavy (non-hydrogen) atoms. The van der Waals surface area contributed by atoms with Crippen molar-refractivity contribution in [2.75, 3.05) is 18.7 Å². The Morgan fingerprint density at radius 1 is 1.29 bits per heavy atom. The molecule has 0 aliphatic heterocycles. The Labute approximate surface area is 141 Å². The first-order valence-corrected chi connectivity index (χ1v) is 7.74. The molecular weight excluding hydrogens is 342 g/mol. The Balaban J connectivity index is 3.31. The lowest BCUT2D eigenvalue weighted by atomic mass is 10.1. The fourth-order valence-corrected chi connectivity index (χ4v) is 1.86. The van der Waals surface area contributed by atoms with E-state index in [9.17, 15) is 13.8 Å². The number of carbonyl (C=O) groups is 2. The van der Waals surface area contributed by atoms with Gasteiger partial charge in [-0.1, -0.05) is 0 Å². The van der Waals surface area contributed by atoms with Gasteiger partial charge in [0.2, 0.25) is 0 Å². The second-order valence-electron chi connectivity index (χ2n) is 5.56. The molecule has 2 N–H and O–H groups in total. The Kier molecular flexibility index (Phi) is 6.70. The van der Waals surface area contributed by atoms with Crippen LogP contribution in [0.25, 0.3) is 0 Å². The molecule has 0 fully saturated rings. The van der Waals surface area contributed by atoms with Crippen LogP contribution in [0.1, 0.15) is 31.1 Å². The number of ether oxygens (including phenoxy) is 2. The van der Waals surface area contributed by atoms with E-state index >= 15 is 0 Å². The van der Waals surface area contributed by atoms with Crippen molar-refractivity contribution in [1.29, 1.82) is 0 Å². The maximum atomic E-state index is 12.4. The maximum absolute atomic E-state index is 12.4. The highest BCUT2D eigenvalue weighted by Gasteiger charge is 2.27. The maximum Gasteiger partial charge on any atom is 0.416 e. The highest BCUT2D eigenvalue weighted by atomic mass is 32.2. The Morgan fingerprint density at radius 3 is 2.38 bits per heavy atom. The predicted octanol–water partition coefficient (Wildman–Crippen LogP) is 2.25. The number of rotatable bonds is 6. The van der Waals surface area contributed by atoms with Crippen molar-refractivity contribution < 1.29 is 37.1 Å². The third-order valence-corrected chi connectivity index (χ3v) is 2.92. The summed E-state index contributed by atoms with van der Waals surface area (Å²) in [5, 5.41) is 9.10. The van der Waals surface area contributed by atoms with Crippen LogP contribution in [-0.2, 0) is 20.3 Å². The van der Waals surface area contributed by atoms with E-state index in [2.05, 4.69) is 4.18 Å². The molecule has 0 aliphatic carbocycles. The van der Waals surface area contributed by atoms with Gasteiger partial charge in [0.1, 0.15) is 18.1 Å². The van der Waals surface area contributed by atoms with Gasteiger partial charge in [0.25, 0.3) is 0 Å². The molecule has 1 atom stereocenters. The molecule has 0 saturated carbocycles. The summed E-state index contributed by atoms with van der Waals surface area (Å²) >= 11 is -2.63. The zero-order valence-corrected chi connectivity index (χ0v) is 14.5. The number of aromatic carboxylic acids is 1. The lowest BCUT2D eigenvalue weighted by Gasteiger charge is -2.27. The summed E-state index contributed by atoms with van der Waals surface area (Å²) in [6.07, 6.45) is -0.895. The average molecular weight is 361 g/mol. The topological polar surface area (TPSA) is 123 Å². The van der Waals surface area contributed by atoms with Crippen molar-refractivity contribution in [3.63, 3.8) is 0 Å². The highest BCUT2D eigenvalue weighted by Crippen LogP contribution is 2.31. The number of benzene rings is 1. The number of carbonyl (C=O) groups excluding carboxylic acids is 1. The summed E-state index contributed by atoms with van der Waals surface area (Å²) in [6.45, 7) is 4.27. The minimum atomic E-state index is -2.63. The predicted molar refractivity (Wildman–Crippen MR) is 85.4 cm³/mol. The van der Waals surface area contributed by atoms with Gasteiger partial charge in [-0.2, -0.15) is 4.21 Å². The van der Waals surface area contributed by atoms with E-state index in [0.717, 1.165) is 4.90 Å². The van der Waals surface area contributed by atoms with Crippen LogP contribution in [0.2, 0.25) is 0 Å². The monoisotopic (exact) mass is 361 g/mol. The molecule has 0 spiro atoms. The van der Waals surface area contributed by atoms with Crippen LogP contribution >= 0.6 is 0 Å². The van der Waals surface area contributed by atoms with Gasteiger partial charge in [-0.25, -0.2) is 18.7 Å². The summed E-state index contributed by atoms with van der Waals surface area (Å²) < 4.78 is 34.4. The van der Waals surface area contributed by atoms with Gasteiger partial charge in [-0.3, -0.25) is 4.55 Å². The number of methoxy groups -OCH3 is 1. The van der Waals surface area contributed by atoms with E-state index in [0.29, 0.717) is 0 Å². The normalized spacial score (nSPS) is 12.4. The summed E-state index contributed by atoms with van der Waals surface area (Å²) in [4.78, 5) is 24.4. The minimum Gasteiger partial charge on any atom is -0.495 e. The molecule has 10 heteroatoms. The lowest BCUT2D eigenvalue weighted by molar-refractivity contribution is 0.0551. The van der Waals surface area contributed by atoms with Crippen molar-refractivity contribution in [1.82, 2.24) is 0 Å². The molecule has 1 rings (SSSR count). The van der Waals surface area contributed by atoms with Gasteiger partial charge >= 0.3 is 23.4 Å². The minimum absolute atomic E-state index is 0.0251. The van der Waals surface area contributed by atoms with E-state index in [-0.39, 0.29) is 17.0 Å². The molecule has 9 nitrogen and oxygen atoms in total. The Hall–Kier alpha value is -2.17. The summed E-state index contributed by atoms with van der Waals surface area (Å²) in [5.74, 6) is -1.05. The molecule has 1 amide bonds. The van der Waals surface area contributed by atoms with Gasteiger partial charge in [-0.05, 0) is 39.0 Å². The summed E-state index contributed by atoms with van der Waals surface area (Å²) in [6, 6.07) is 3.82. The molecule has 1 aromatic carbocycles. The third-order valence-electron chi connectivity index (χ3n) is 2.61. The molecule has 0 aliphatic rings. The van der Waals surface area contributed by atoms with E-state index < -0.39 is 35.8 Å². The number of carboxylic acid groups (broad SMARTS) is 1. The van der Waals surface area contributed by atoms with Gasteiger partial charge < -0.3 is 14.6 Å². The summed E-state index contributed by atoms with van der Waals surface area (Å²) in [7, 11) is 1.33. The molecular formula is C14H19NO8S. The van der Waals surface area contributed by atoms with Gasteiger partial charge in [-0.15, -0.1) is 0 Å². The molecule has 134 valence electrons. The van der Waals surface area contributed by atoms with Crippen molar-refractivity contribution in [2.24, 2.45) is 0 Å². The van der Waals surface area contributed by atoms with E-state index in [4.69, 9.17) is 19.1 Å². The number of hydrogen-bond acceptors (Lipinski definition) is 6. The third kappa shape index (κ3) is 5.80. The number of nitrogens with zero attached hydrogens (tertiary/aromatic N) is 1. The van der Waals surface area contributed by atoms with Crippen LogP contribution < -0.4 is 9.64 Å². The molecule has 1 unspecified atom stereocenters. The Morgan fingerprint density at radius 2 is 1.92 bits per heavy atom. The molecule has 0 heterocycles. The summed E-state index contributed by atoms with van der Waals surface area (Å²) in [5.41, 5.74) is -0.924.